The molecule has 0 unspecified atom stereocenters. The van der Waals surface area contributed by atoms with Gasteiger partial charge in [-0.1, -0.05) is 23.4 Å². The smallest absolute Gasteiger partial charge is 0.271 e. The summed E-state index contributed by atoms with van der Waals surface area (Å²) in [6.07, 6.45) is 1.75. The van der Waals surface area contributed by atoms with Gasteiger partial charge in [0.2, 0.25) is 0 Å². The van der Waals surface area contributed by atoms with Crippen molar-refractivity contribution in [3.05, 3.63) is 21.1 Å². The number of H-pyrrole nitrogens is 1. The van der Waals surface area contributed by atoms with Crippen molar-refractivity contribution in [2.24, 2.45) is 0 Å². The zero-order valence-corrected chi connectivity index (χ0v) is 7.66. The molecular formula is C6H4ClN3OS. The Morgan fingerprint density at radius 2 is 2.42 bits per heavy atom. The van der Waals surface area contributed by atoms with Gasteiger partial charge in [-0.2, -0.15) is 5.26 Å². The van der Waals surface area contributed by atoms with Crippen LogP contribution in [0.15, 0.2) is 9.95 Å². The summed E-state index contributed by atoms with van der Waals surface area (Å²) in [5, 5.41) is 8.82. The lowest BCUT2D eigenvalue weighted by molar-refractivity contribution is 0.932. The van der Waals surface area contributed by atoms with Crippen molar-refractivity contribution in [3.63, 3.8) is 0 Å². The van der Waals surface area contributed by atoms with E-state index in [0.29, 0.717) is 5.16 Å². The summed E-state index contributed by atoms with van der Waals surface area (Å²) >= 11 is 6.80. The number of nitrogens with zero attached hydrogens (tertiary/aromatic N) is 2. The number of thioether (sulfide) groups is 1. The first-order valence-corrected chi connectivity index (χ1v) is 4.53. The Kier molecular flexibility index (Phi) is 2.74. The van der Waals surface area contributed by atoms with E-state index in [9.17, 15) is 4.79 Å². The molecule has 0 atom stereocenters. The first-order chi connectivity index (χ1) is 5.69. The van der Waals surface area contributed by atoms with E-state index in [-0.39, 0.29) is 10.7 Å². The Balaban J connectivity index is 3.41. The molecule has 0 amide bonds. The Labute approximate surface area is 77.6 Å². The molecule has 0 radical (unpaired) electrons. The van der Waals surface area contributed by atoms with Gasteiger partial charge in [0.05, 0.1) is 0 Å². The molecule has 6 heteroatoms. The van der Waals surface area contributed by atoms with Gasteiger partial charge in [-0.05, 0) is 6.26 Å². The molecule has 0 saturated carbocycles. The van der Waals surface area contributed by atoms with Crippen LogP contribution in [0.25, 0.3) is 0 Å². The highest BCUT2D eigenvalue weighted by Crippen LogP contribution is 2.11. The Morgan fingerprint density at radius 1 is 1.75 bits per heavy atom. The van der Waals surface area contributed by atoms with Crippen LogP contribution >= 0.6 is 23.4 Å². The highest BCUT2D eigenvalue weighted by molar-refractivity contribution is 7.98. The Morgan fingerprint density at radius 3 is 2.83 bits per heavy atom. The van der Waals surface area contributed by atoms with E-state index in [4.69, 9.17) is 16.9 Å². The average molecular weight is 202 g/mol. The van der Waals surface area contributed by atoms with Gasteiger partial charge in [-0.3, -0.25) is 4.79 Å². The summed E-state index contributed by atoms with van der Waals surface area (Å²) in [5.41, 5.74) is -0.642. The maximum absolute atomic E-state index is 11.0. The van der Waals surface area contributed by atoms with E-state index in [2.05, 4.69) is 9.97 Å². The van der Waals surface area contributed by atoms with Crippen LogP contribution in [0.5, 0.6) is 0 Å². The van der Waals surface area contributed by atoms with Gasteiger partial charge >= 0.3 is 0 Å². The molecule has 0 aliphatic carbocycles. The number of aromatic amines is 1. The predicted molar refractivity (Wildman–Crippen MR) is 46.4 cm³/mol. The monoisotopic (exact) mass is 201 g/mol. The maximum atomic E-state index is 11.0. The second-order valence-electron chi connectivity index (χ2n) is 1.85. The lowest BCUT2D eigenvalue weighted by Crippen LogP contribution is -2.12. The third-order valence-electron chi connectivity index (χ3n) is 1.16. The maximum Gasteiger partial charge on any atom is 0.271 e. The second kappa shape index (κ2) is 3.61. The zero-order valence-electron chi connectivity index (χ0n) is 6.09. The van der Waals surface area contributed by atoms with Crippen molar-refractivity contribution in [3.8, 4) is 6.07 Å². The molecule has 1 heterocycles. The number of hydrogen-bond acceptors (Lipinski definition) is 4. The summed E-state index contributed by atoms with van der Waals surface area (Å²) in [7, 11) is 0. The first kappa shape index (κ1) is 9.10. The normalized spacial score (nSPS) is 9.42. The fourth-order valence-corrected chi connectivity index (χ4v) is 1.26. The van der Waals surface area contributed by atoms with Crippen molar-refractivity contribution >= 4 is 23.4 Å². The second-order valence-corrected chi connectivity index (χ2v) is 3.01. The van der Waals surface area contributed by atoms with Crippen molar-refractivity contribution in [1.29, 1.82) is 5.26 Å². The van der Waals surface area contributed by atoms with Crippen LogP contribution in [-0.2, 0) is 0 Å². The number of aromatic nitrogens is 2. The molecule has 62 valence electrons. The van der Waals surface area contributed by atoms with E-state index >= 15 is 0 Å². The van der Waals surface area contributed by atoms with E-state index in [0.717, 1.165) is 0 Å². The minimum atomic E-state index is -0.498. The SMILES string of the molecule is CSc1nc(Cl)c(C#N)c(=O)[nH]1. The fraction of sp³-hybridized carbons (Fsp3) is 0.167. The molecule has 4 nitrogen and oxygen atoms in total. The van der Waals surface area contributed by atoms with Gasteiger partial charge in [0.1, 0.15) is 6.07 Å². The average Bonchev–Trinajstić information content (AvgIpc) is 2.03. The molecule has 0 aliphatic heterocycles. The van der Waals surface area contributed by atoms with E-state index in [1.54, 1.807) is 12.3 Å². The van der Waals surface area contributed by atoms with Crippen molar-refractivity contribution < 1.29 is 0 Å². The number of nitriles is 1. The standard InChI is InChI=1S/C6H4ClN3OS/c1-12-6-9-4(7)3(2-8)5(11)10-6/h1H3,(H,9,10,11). The van der Waals surface area contributed by atoms with Gasteiger partial charge in [-0.15, -0.1) is 0 Å². The summed E-state index contributed by atoms with van der Waals surface area (Å²) < 4.78 is 0. The molecule has 1 N–H and O–H groups in total. The van der Waals surface area contributed by atoms with Crippen LogP contribution in [0, 0.1) is 11.3 Å². The van der Waals surface area contributed by atoms with Crippen molar-refractivity contribution in [2.75, 3.05) is 6.26 Å². The van der Waals surface area contributed by atoms with Crippen LogP contribution in [0.4, 0.5) is 0 Å². The van der Waals surface area contributed by atoms with Crippen LogP contribution < -0.4 is 5.56 Å². The molecule has 0 fully saturated rings. The van der Waals surface area contributed by atoms with Crippen LogP contribution in [0.3, 0.4) is 0 Å². The van der Waals surface area contributed by atoms with Crippen molar-refractivity contribution in [2.45, 2.75) is 5.16 Å². The third-order valence-corrected chi connectivity index (χ3v) is 2.01. The highest BCUT2D eigenvalue weighted by Gasteiger charge is 2.07. The molecule has 0 saturated heterocycles. The topological polar surface area (TPSA) is 69.5 Å². The van der Waals surface area contributed by atoms with Gasteiger partial charge in [0.25, 0.3) is 5.56 Å². The number of hydrogen-bond donors (Lipinski definition) is 1. The molecule has 0 aliphatic rings. The summed E-state index contributed by atoms with van der Waals surface area (Å²) in [6.45, 7) is 0. The molecule has 1 aromatic heterocycles. The minimum Gasteiger partial charge on any atom is -0.300 e. The summed E-state index contributed by atoms with van der Waals surface area (Å²) in [5.74, 6) is 0. The molecule has 1 rings (SSSR count). The Hall–Kier alpha value is -0.990. The van der Waals surface area contributed by atoms with E-state index < -0.39 is 5.56 Å². The van der Waals surface area contributed by atoms with E-state index in [1.165, 1.54) is 11.8 Å². The van der Waals surface area contributed by atoms with Gasteiger partial charge in [0.15, 0.2) is 15.9 Å². The van der Waals surface area contributed by atoms with Gasteiger partial charge < -0.3 is 4.98 Å². The molecule has 0 aromatic carbocycles. The summed E-state index contributed by atoms with van der Waals surface area (Å²) in [6, 6.07) is 1.67. The number of nitrogens with one attached hydrogen (secondary N) is 1. The zero-order chi connectivity index (χ0) is 9.14. The van der Waals surface area contributed by atoms with Crippen LogP contribution in [-0.4, -0.2) is 16.2 Å². The van der Waals surface area contributed by atoms with Crippen LogP contribution in [0.1, 0.15) is 5.56 Å². The first-order valence-electron chi connectivity index (χ1n) is 2.93. The molecule has 1 aromatic rings. The lowest BCUT2D eigenvalue weighted by atomic mass is 10.4. The highest BCUT2D eigenvalue weighted by atomic mass is 35.5. The minimum absolute atomic E-state index is 0.0504. The van der Waals surface area contributed by atoms with Crippen molar-refractivity contribution in [1.82, 2.24) is 9.97 Å². The van der Waals surface area contributed by atoms with E-state index in [1.807, 2.05) is 0 Å². The van der Waals surface area contributed by atoms with Crippen LogP contribution in [0.2, 0.25) is 5.15 Å². The largest absolute Gasteiger partial charge is 0.300 e. The number of rotatable bonds is 1. The van der Waals surface area contributed by atoms with Gasteiger partial charge in [0, 0.05) is 0 Å². The summed E-state index contributed by atoms with van der Waals surface area (Å²) in [4.78, 5) is 17.2. The molecule has 12 heavy (non-hydrogen) atoms. The predicted octanol–water partition coefficient (Wildman–Crippen LogP) is 1.02. The molecule has 0 spiro atoms. The van der Waals surface area contributed by atoms with Gasteiger partial charge in [-0.25, -0.2) is 4.98 Å². The quantitative estimate of drug-likeness (QED) is 0.418. The fourth-order valence-electron chi connectivity index (χ4n) is 0.620. The number of halogens is 1. The molecule has 0 bridgehead atoms. The Bertz CT molecular complexity index is 395. The third kappa shape index (κ3) is 1.60. The molecular weight excluding hydrogens is 198 g/mol. The lowest BCUT2D eigenvalue weighted by Gasteiger charge is -1.96.